The molecule has 0 bridgehead atoms. The van der Waals surface area contributed by atoms with Crippen molar-refractivity contribution in [3.05, 3.63) is 60.5 Å². The van der Waals surface area contributed by atoms with E-state index in [2.05, 4.69) is 41.2 Å². The smallest absolute Gasteiger partial charge is 0.466 e. The Bertz CT molecular complexity index is 958. The van der Waals surface area contributed by atoms with Gasteiger partial charge in [0.2, 0.25) is 0 Å². The van der Waals surface area contributed by atoms with Crippen LogP contribution < -0.4 is 15.4 Å². The molecule has 36 heavy (non-hydrogen) atoms. The second-order valence-corrected chi connectivity index (χ2v) is 7.74. The molecule has 1 rings (SSSR count). The monoisotopic (exact) mass is 526 g/mol. The van der Waals surface area contributed by atoms with Crippen molar-refractivity contribution in [2.24, 2.45) is 15.9 Å². The molecule has 1 aromatic carbocycles. The maximum absolute atomic E-state index is 12.4. The van der Waals surface area contributed by atoms with Crippen molar-refractivity contribution in [1.29, 1.82) is 0 Å². The first kappa shape index (κ1) is 30.9. The number of hydrogen-bond acceptors (Lipinski definition) is 6. The zero-order valence-corrected chi connectivity index (χ0v) is 21.9. The summed E-state index contributed by atoms with van der Waals surface area (Å²) in [5.41, 5.74) is 1.91. The van der Waals surface area contributed by atoms with Crippen molar-refractivity contribution in [2.75, 3.05) is 25.5 Å². The predicted octanol–water partition coefficient (Wildman–Crippen LogP) is 5.84. The lowest BCUT2D eigenvalue weighted by Crippen LogP contribution is -2.21. The average Bonchev–Trinajstić information content (AvgIpc) is 2.82. The lowest BCUT2D eigenvalue weighted by Gasteiger charge is -2.16. The number of amidine groups is 1. The Kier molecular flexibility index (Phi) is 14.2. The van der Waals surface area contributed by atoms with Crippen molar-refractivity contribution in [2.45, 2.75) is 39.5 Å². The van der Waals surface area contributed by atoms with E-state index in [1.807, 2.05) is 12.2 Å². The Hall–Kier alpha value is -3.13. The number of alkyl halides is 3. The highest BCUT2D eigenvalue weighted by Crippen LogP contribution is 2.25. The minimum absolute atomic E-state index is 0.257. The van der Waals surface area contributed by atoms with Gasteiger partial charge in [0, 0.05) is 36.5 Å². The van der Waals surface area contributed by atoms with E-state index in [9.17, 15) is 18.0 Å². The van der Waals surface area contributed by atoms with Crippen LogP contribution >= 0.6 is 9.24 Å². The van der Waals surface area contributed by atoms with Crippen molar-refractivity contribution in [1.82, 2.24) is 5.32 Å². The molecule has 0 fully saturated rings. The molecule has 0 aliphatic heterocycles. The highest BCUT2D eigenvalue weighted by Gasteiger charge is 2.31. The van der Waals surface area contributed by atoms with E-state index >= 15 is 0 Å². The van der Waals surface area contributed by atoms with Crippen LogP contribution in [0.15, 0.2) is 70.5 Å². The molecule has 0 spiro atoms. The number of nitrogens with one attached hydrogen (secondary N) is 2. The number of esters is 1. The molecule has 2 atom stereocenters. The fourth-order valence-corrected chi connectivity index (χ4v) is 3.36. The number of benzene rings is 1. The van der Waals surface area contributed by atoms with Gasteiger partial charge in [-0.3, -0.25) is 14.8 Å². The maximum Gasteiger partial charge on any atom is 0.573 e. The van der Waals surface area contributed by atoms with Gasteiger partial charge in [-0.05, 0) is 63.6 Å². The van der Waals surface area contributed by atoms with Gasteiger partial charge in [-0.15, -0.1) is 13.2 Å². The largest absolute Gasteiger partial charge is 0.573 e. The highest BCUT2D eigenvalue weighted by molar-refractivity contribution is 7.36. The van der Waals surface area contributed by atoms with Crippen LogP contribution in [-0.4, -0.2) is 44.3 Å². The molecular weight excluding hydrogens is 492 g/mol. The average molecular weight is 527 g/mol. The first-order chi connectivity index (χ1) is 17.1. The summed E-state index contributed by atoms with van der Waals surface area (Å²) in [6.07, 6.45) is 2.27. The van der Waals surface area contributed by atoms with Gasteiger partial charge < -0.3 is 20.1 Å². The first-order valence-electron chi connectivity index (χ1n) is 11.4. The van der Waals surface area contributed by atoms with Gasteiger partial charge in [-0.2, -0.15) is 0 Å². The lowest BCUT2D eigenvalue weighted by atomic mass is 9.98. The molecule has 2 unspecified atom stereocenters. The second kappa shape index (κ2) is 16.5. The molecule has 11 heteroatoms. The Morgan fingerprint density at radius 1 is 1.28 bits per heavy atom. The Balaban J connectivity index is 3.11. The molecular formula is C25H34F3N4O3P. The van der Waals surface area contributed by atoms with Crippen molar-refractivity contribution < 1.29 is 27.4 Å². The van der Waals surface area contributed by atoms with Crippen molar-refractivity contribution >= 4 is 32.7 Å². The van der Waals surface area contributed by atoms with E-state index < -0.39 is 6.36 Å². The number of hydrogen-bond donors (Lipinski definition) is 2. The van der Waals surface area contributed by atoms with E-state index in [4.69, 9.17) is 4.74 Å². The summed E-state index contributed by atoms with van der Waals surface area (Å²) in [5.74, 6) is 1.29. The quantitative estimate of drug-likeness (QED) is 0.0795. The van der Waals surface area contributed by atoms with Crippen LogP contribution in [0, 0.1) is 5.92 Å². The number of aliphatic imine (C=N–C) groups is 2. The zero-order chi connectivity index (χ0) is 27.0. The molecule has 0 saturated heterocycles. The van der Waals surface area contributed by atoms with Crippen molar-refractivity contribution in [3.63, 3.8) is 0 Å². The molecule has 2 N–H and O–H groups in total. The standard InChI is InChI=1S/C25H34F3N4O3P/c1-5-31-23(29-4)22(11-7-9-19(24(33)34-6-2)10-8-16-30-17-36)18(3)32-20-12-14-21(15-13-20)35-25(26,27)28/h5,7,11-15,17,19,32H,1,6,8-10,16,36H2,2-4H3,(H,29,31)/b11-7+,22-18+,30-17?. The number of carbonyl (C=O) groups is 1. The van der Waals surface area contributed by atoms with Crippen LogP contribution in [0.3, 0.4) is 0 Å². The summed E-state index contributed by atoms with van der Waals surface area (Å²) in [5, 5.41) is 6.14. The third-order valence-electron chi connectivity index (χ3n) is 4.81. The first-order valence-corrected chi connectivity index (χ1v) is 12.0. The lowest BCUT2D eigenvalue weighted by molar-refractivity contribution is -0.274. The Labute approximate surface area is 212 Å². The highest BCUT2D eigenvalue weighted by atomic mass is 31.0. The van der Waals surface area contributed by atoms with E-state index in [0.29, 0.717) is 48.8 Å². The number of anilines is 1. The van der Waals surface area contributed by atoms with E-state index in [1.165, 1.54) is 30.5 Å². The third-order valence-corrected chi connectivity index (χ3v) is 5.02. The maximum atomic E-state index is 12.4. The van der Waals surface area contributed by atoms with Crippen LogP contribution in [-0.2, 0) is 9.53 Å². The zero-order valence-electron chi connectivity index (χ0n) is 20.8. The number of ether oxygens (including phenoxy) is 2. The summed E-state index contributed by atoms with van der Waals surface area (Å²) in [4.78, 5) is 20.8. The molecule has 0 saturated carbocycles. The van der Waals surface area contributed by atoms with Gasteiger partial charge in [0.1, 0.15) is 11.6 Å². The number of halogens is 3. The normalized spacial score (nSPS) is 13.9. The predicted molar refractivity (Wildman–Crippen MR) is 142 cm³/mol. The van der Waals surface area contributed by atoms with Crippen molar-refractivity contribution in [3.8, 4) is 5.75 Å². The van der Waals surface area contributed by atoms with Crippen LogP contribution in [0.2, 0.25) is 0 Å². The summed E-state index contributed by atoms with van der Waals surface area (Å²) in [6, 6.07) is 5.40. The molecule has 198 valence electrons. The summed E-state index contributed by atoms with van der Waals surface area (Å²) in [7, 11) is 4.04. The molecule has 0 radical (unpaired) electrons. The Morgan fingerprint density at radius 3 is 2.53 bits per heavy atom. The van der Waals surface area contributed by atoms with Gasteiger partial charge in [0.25, 0.3) is 0 Å². The molecule has 0 aliphatic carbocycles. The number of carbonyl (C=O) groups excluding carboxylic acids is 1. The molecule has 0 aliphatic rings. The fraction of sp³-hybridized carbons (Fsp3) is 0.400. The van der Waals surface area contributed by atoms with E-state index in [-0.39, 0.29) is 17.6 Å². The van der Waals surface area contributed by atoms with Gasteiger partial charge in [-0.25, -0.2) is 0 Å². The number of rotatable bonds is 14. The van der Waals surface area contributed by atoms with Gasteiger partial charge >= 0.3 is 12.3 Å². The molecule has 0 heterocycles. The second-order valence-electron chi connectivity index (χ2n) is 7.44. The fourth-order valence-electron chi connectivity index (χ4n) is 3.21. The van der Waals surface area contributed by atoms with Crippen LogP contribution in [0.1, 0.15) is 33.1 Å². The molecule has 1 aromatic rings. The summed E-state index contributed by atoms with van der Waals surface area (Å²) in [6.45, 7) is 8.18. The minimum Gasteiger partial charge on any atom is -0.466 e. The van der Waals surface area contributed by atoms with Crippen LogP contribution in [0.25, 0.3) is 0 Å². The third kappa shape index (κ3) is 12.0. The van der Waals surface area contributed by atoms with E-state index in [0.717, 1.165) is 6.42 Å². The number of nitrogens with zero attached hydrogens (tertiary/aromatic N) is 2. The molecule has 0 aromatic heterocycles. The van der Waals surface area contributed by atoms with Crippen LogP contribution in [0.4, 0.5) is 18.9 Å². The minimum atomic E-state index is -4.75. The van der Waals surface area contributed by atoms with Gasteiger partial charge in [0.05, 0.1) is 12.5 Å². The molecule has 0 amide bonds. The van der Waals surface area contributed by atoms with Crippen LogP contribution in [0.5, 0.6) is 5.75 Å². The number of allylic oxidation sites excluding steroid dienone is 2. The summed E-state index contributed by atoms with van der Waals surface area (Å²) < 4.78 is 46.4. The molecule has 7 nitrogen and oxygen atoms in total. The topological polar surface area (TPSA) is 84.3 Å². The Morgan fingerprint density at radius 2 is 1.97 bits per heavy atom. The van der Waals surface area contributed by atoms with E-state index in [1.54, 1.807) is 26.9 Å². The van der Waals surface area contributed by atoms with Gasteiger partial charge in [0.15, 0.2) is 0 Å². The summed E-state index contributed by atoms with van der Waals surface area (Å²) >= 11 is 0. The van der Waals surface area contributed by atoms with Gasteiger partial charge in [-0.1, -0.05) is 28.0 Å². The SMILES string of the molecule is C=CNC(=NC)C(/C=C/CC(CCCN=CP)C(=O)OCC)=C(\C)Nc1ccc(OC(F)(F)F)cc1.